The van der Waals surface area contributed by atoms with Crippen molar-refractivity contribution in [3.05, 3.63) is 29.8 Å². The first kappa shape index (κ1) is 13.7. The van der Waals surface area contributed by atoms with E-state index >= 15 is 0 Å². The second-order valence-electron chi connectivity index (χ2n) is 4.48. The number of benzene rings is 1. The van der Waals surface area contributed by atoms with Crippen LogP contribution < -0.4 is 5.32 Å². The second-order valence-corrected chi connectivity index (χ2v) is 5.54. The fourth-order valence-electron chi connectivity index (χ4n) is 2.47. The van der Waals surface area contributed by atoms with E-state index in [-0.39, 0.29) is 18.3 Å². The summed E-state index contributed by atoms with van der Waals surface area (Å²) in [7, 11) is 0. The van der Waals surface area contributed by atoms with Gasteiger partial charge in [0.05, 0.1) is 5.92 Å². The molecule has 0 spiro atoms. The number of carbonyl (C=O) groups excluding carboxylic acids is 1. The Balaban J connectivity index is 0.00000120. The van der Waals surface area contributed by atoms with Gasteiger partial charge in [0.25, 0.3) is 0 Å². The highest BCUT2D eigenvalue weighted by molar-refractivity contribution is 7.99. The summed E-state index contributed by atoms with van der Waals surface area (Å²) in [5, 5.41) is 3.28. The Hall–Kier alpha value is -0.710. The molecule has 1 amide bonds. The number of hydrogen-bond donors (Lipinski definition) is 1. The van der Waals surface area contributed by atoms with Crippen LogP contribution in [0.5, 0.6) is 0 Å². The molecule has 18 heavy (non-hydrogen) atoms. The second kappa shape index (κ2) is 5.95. The van der Waals surface area contributed by atoms with Gasteiger partial charge in [0.1, 0.15) is 0 Å². The number of hydrogen-bond acceptors (Lipinski definition) is 3. The van der Waals surface area contributed by atoms with Crippen molar-refractivity contribution >= 4 is 30.1 Å². The van der Waals surface area contributed by atoms with E-state index in [1.54, 1.807) is 11.8 Å². The number of carbonyl (C=O) groups is 1. The molecule has 1 aromatic rings. The van der Waals surface area contributed by atoms with Gasteiger partial charge in [0, 0.05) is 36.8 Å². The number of nitrogens with zero attached hydrogens (tertiary/aromatic N) is 1. The van der Waals surface area contributed by atoms with Crippen LogP contribution in [-0.2, 0) is 4.79 Å². The average Bonchev–Trinajstić information content (AvgIpc) is 2.83. The Kier molecular flexibility index (Phi) is 4.54. The smallest absolute Gasteiger partial charge is 0.231 e. The maximum atomic E-state index is 12.4. The van der Waals surface area contributed by atoms with E-state index in [1.165, 1.54) is 10.5 Å². The third-order valence-corrected chi connectivity index (χ3v) is 4.61. The molecule has 3 rings (SSSR count). The van der Waals surface area contributed by atoms with E-state index in [0.29, 0.717) is 5.91 Å². The van der Waals surface area contributed by atoms with Crippen molar-refractivity contribution < 1.29 is 4.79 Å². The monoisotopic (exact) mass is 284 g/mol. The van der Waals surface area contributed by atoms with Gasteiger partial charge in [-0.2, -0.15) is 0 Å². The molecule has 0 bridgehead atoms. The Bertz CT molecular complexity index is 435. The van der Waals surface area contributed by atoms with Crippen molar-refractivity contribution in [3.8, 4) is 0 Å². The van der Waals surface area contributed by atoms with Gasteiger partial charge in [-0.1, -0.05) is 18.2 Å². The number of piperazine rings is 1. The number of fused-ring (bicyclic) bond motifs is 1. The molecular formula is C13H17ClN2OS. The van der Waals surface area contributed by atoms with Gasteiger partial charge in [-0.25, -0.2) is 0 Å². The Labute approximate surface area is 118 Å². The fraction of sp³-hybridized carbons (Fsp3) is 0.462. The number of rotatable bonds is 1. The standard InChI is InChI=1S/C13H16N2OS.ClH/c16-13(15-7-5-14-6-8-15)11-9-17-12-4-2-1-3-10(11)12;/h1-4,11,14H,5-9H2;1H. The highest BCUT2D eigenvalue weighted by Gasteiger charge is 2.32. The van der Waals surface area contributed by atoms with Crippen molar-refractivity contribution in [2.45, 2.75) is 10.8 Å². The number of nitrogens with one attached hydrogen (secondary N) is 1. The van der Waals surface area contributed by atoms with Crippen molar-refractivity contribution in [2.75, 3.05) is 31.9 Å². The number of thioether (sulfide) groups is 1. The van der Waals surface area contributed by atoms with Crippen LogP contribution in [-0.4, -0.2) is 42.7 Å². The first-order chi connectivity index (χ1) is 8.36. The number of halogens is 1. The van der Waals surface area contributed by atoms with Crippen LogP contribution in [0.1, 0.15) is 11.5 Å². The maximum absolute atomic E-state index is 12.4. The largest absolute Gasteiger partial charge is 0.340 e. The normalized spacial score (nSPS) is 22.2. The van der Waals surface area contributed by atoms with E-state index in [1.807, 2.05) is 17.0 Å². The highest BCUT2D eigenvalue weighted by atomic mass is 35.5. The van der Waals surface area contributed by atoms with E-state index < -0.39 is 0 Å². The van der Waals surface area contributed by atoms with Crippen LogP contribution >= 0.6 is 24.2 Å². The maximum Gasteiger partial charge on any atom is 0.231 e. The minimum Gasteiger partial charge on any atom is -0.340 e. The molecule has 5 heteroatoms. The molecule has 3 nitrogen and oxygen atoms in total. The van der Waals surface area contributed by atoms with Crippen LogP contribution in [0.2, 0.25) is 0 Å². The first-order valence-corrected chi connectivity index (χ1v) is 7.06. The summed E-state index contributed by atoms with van der Waals surface area (Å²) in [6.45, 7) is 3.55. The third kappa shape index (κ3) is 2.51. The topological polar surface area (TPSA) is 32.3 Å². The van der Waals surface area contributed by atoms with Gasteiger partial charge < -0.3 is 10.2 Å². The van der Waals surface area contributed by atoms with Gasteiger partial charge >= 0.3 is 0 Å². The quantitative estimate of drug-likeness (QED) is 0.852. The minimum absolute atomic E-state index is 0. The van der Waals surface area contributed by atoms with E-state index in [2.05, 4.69) is 17.4 Å². The van der Waals surface area contributed by atoms with Gasteiger partial charge in [0.2, 0.25) is 5.91 Å². The lowest BCUT2D eigenvalue weighted by Gasteiger charge is -2.29. The van der Waals surface area contributed by atoms with E-state index in [4.69, 9.17) is 0 Å². The molecule has 2 heterocycles. The molecule has 2 aliphatic rings. The molecule has 0 radical (unpaired) electrons. The highest BCUT2D eigenvalue weighted by Crippen LogP contribution is 2.40. The average molecular weight is 285 g/mol. The summed E-state index contributed by atoms with van der Waals surface area (Å²) < 4.78 is 0. The van der Waals surface area contributed by atoms with Crippen LogP contribution in [0.4, 0.5) is 0 Å². The van der Waals surface area contributed by atoms with Crippen molar-refractivity contribution in [1.82, 2.24) is 10.2 Å². The summed E-state index contributed by atoms with van der Waals surface area (Å²) in [6, 6.07) is 8.29. The first-order valence-electron chi connectivity index (χ1n) is 6.07. The molecule has 1 saturated heterocycles. The van der Waals surface area contributed by atoms with Crippen LogP contribution in [0.3, 0.4) is 0 Å². The van der Waals surface area contributed by atoms with Crippen molar-refractivity contribution in [3.63, 3.8) is 0 Å². The fourth-order valence-corrected chi connectivity index (χ4v) is 3.69. The molecular weight excluding hydrogens is 268 g/mol. The summed E-state index contributed by atoms with van der Waals surface area (Å²) in [5.41, 5.74) is 1.22. The summed E-state index contributed by atoms with van der Waals surface area (Å²) in [6.07, 6.45) is 0. The van der Waals surface area contributed by atoms with E-state index in [0.717, 1.165) is 31.9 Å². The molecule has 1 N–H and O–H groups in total. The van der Waals surface area contributed by atoms with Crippen molar-refractivity contribution in [2.24, 2.45) is 0 Å². The van der Waals surface area contributed by atoms with E-state index in [9.17, 15) is 4.79 Å². The lowest BCUT2D eigenvalue weighted by Crippen LogP contribution is -2.48. The van der Waals surface area contributed by atoms with Crippen LogP contribution in [0, 0.1) is 0 Å². The summed E-state index contributed by atoms with van der Waals surface area (Å²) >= 11 is 1.81. The SMILES string of the molecule is Cl.O=C(C1CSc2ccccc21)N1CCNCC1. The van der Waals surface area contributed by atoms with Gasteiger partial charge in [0.15, 0.2) is 0 Å². The molecule has 0 saturated carbocycles. The molecule has 1 unspecified atom stereocenters. The molecule has 2 aliphatic heterocycles. The Morgan fingerprint density at radius 1 is 1.28 bits per heavy atom. The lowest BCUT2D eigenvalue weighted by molar-refractivity contribution is -0.132. The zero-order valence-electron chi connectivity index (χ0n) is 10.1. The zero-order valence-corrected chi connectivity index (χ0v) is 11.7. The Morgan fingerprint density at radius 2 is 2.00 bits per heavy atom. The van der Waals surface area contributed by atoms with Crippen molar-refractivity contribution in [1.29, 1.82) is 0 Å². The third-order valence-electron chi connectivity index (χ3n) is 3.43. The molecule has 0 aromatic heterocycles. The van der Waals surface area contributed by atoms with Crippen LogP contribution in [0.15, 0.2) is 29.2 Å². The predicted molar refractivity (Wildman–Crippen MR) is 76.6 cm³/mol. The van der Waals surface area contributed by atoms with Gasteiger partial charge in [-0.05, 0) is 11.6 Å². The molecule has 1 aromatic carbocycles. The molecule has 1 fully saturated rings. The predicted octanol–water partition coefficient (Wildman–Crippen LogP) is 1.73. The van der Waals surface area contributed by atoms with Gasteiger partial charge in [-0.3, -0.25) is 4.79 Å². The molecule has 1 atom stereocenters. The Morgan fingerprint density at radius 3 is 2.78 bits per heavy atom. The summed E-state index contributed by atoms with van der Waals surface area (Å²) in [4.78, 5) is 15.7. The zero-order chi connectivity index (χ0) is 11.7. The van der Waals surface area contributed by atoms with Gasteiger partial charge in [-0.15, -0.1) is 24.2 Å². The molecule has 98 valence electrons. The lowest BCUT2D eigenvalue weighted by atomic mass is 9.99. The molecule has 0 aliphatic carbocycles. The van der Waals surface area contributed by atoms with Crippen LogP contribution in [0.25, 0.3) is 0 Å². The summed E-state index contributed by atoms with van der Waals surface area (Å²) in [5.74, 6) is 1.29. The number of amides is 1. The minimum atomic E-state index is 0.